The number of likely N-dealkylation sites (tertiary alicyclic amines) is 1. The highest BCUT2D eigenvalue weighted by molar-refractivity contribution is 5.97. The summed E-state index contributed by atoms with van der Waals surface area (Å²) in [5, 5.41) is 11.6. The van der Waals surface area contributed by atoms with Gasteiger partial charge in [-0.2, -0.15) is 0 Å². The second-order valence-electron chi connectivity index (χ2n) is 5.76. The summed E-state index contributed by atoms with van der Waals surface area (Å²) < 4.78 is 13.6. The normalized spacial score (nSPS) is 20.8. The van der Waals surface area contributed by atoms with Crippen LogP contribution in [0.5, 0.6) is 0 Å². The Morgan fingerprint density at radius 2 is 2.25 bits per heavy atom. The molecule has 0 aromatic heterocycles. The summed E-state index contributed by atoms with van der Waals surface area (Å²) in [5.74, 6) is 0.173. The molecule has 0 saturated carbocycles. The van der Waals surface area contributed by atoms with E-state index in [2.05, 4.69) is 23.9 Å². The standard InChI is InChI=1S/C15H22FN3O/c1-10(2)14-4-3-5-19(14)9-11-6-12(15(17)18-20)8-13(16)7-11/h6-8,10,14,20H,3-5,9H2,1-2H3,(H2,17,18). The number of nitrogens with zero attached hydrogens (tertiary/aromatic N) is 2. The second kappa shape index (κ2) is 6.22. The smallest absolute Gasteiger partial charge is 0.170 e. The first-order chi connectivity index (χ1) is 9.51. The summed E-state index contributed by atoms with van der Waals surface area (Å²) >= 11 is 0. The van der Waals surface area contributed by atoms with Crippen LogP contribution in [0.1, 0.15) is 37.8 Å². The quantitative estimate of drug-likeness (QED) is 0.385. The van der Waals surface area contributed by atoms with Crippen molar-refractivity contribution in [3.05, 3.63) is 35.1 Å². The van der Waals surface area contributed by atoms with Crippen molar-refractivity contribution in [3.63, 3.8) is 0 Å². The van der Waals surface area contributed by atoms with Crippen LogP contribution in [0.15, 0.2) is 23.4 Å². The second-order valence-corrected chi connectivity index (χ2v) is 5.76. The third kappa shape index (κ3) is 3.28. The van der Waals surface area contributed by atoms with Gasteiger partial charge >= 0.3 is 0 Å². The molecule has 1 fully saturated rings. The SMILES string of the molecule is CC(C)C1CCCN1Cc1cc(F)cc(/C(N)=N/O)c1. The first kappa shape index (κ1) is 14.8. The monoisotopic (exact) mass is 279 g/mol. The van der Waals surface area contributed by atoms with E-state index >= 15 is 0 Å². The van der Waals surface area contributed by atoms with Crippen LogP contribution in [0.3, 0.4) is 0 Å². The van der Waals surface area contributed by atoms with E-state index in [0.29, 0.717) is 24.1 Å². The average Bonchev–Trinajstić information content (AvgIpc) is 2.85. The third-order valence-corrected chi connectivity index (χ3v) is 3.93. The van der Waals surface area contributed by atoms with E-state index < -0.39 is 0 Å². The van der Waals surface area contributed by atoms with Crippen LogP contribution >= 0.6 is 0 Å². The summed E-state index contributed by atoms with van der Waals surface area (Å²) in [4.78, 5) is 2.38. The van der Waals surface area contributed by atoms with Gasteiger partial charge in [0.1, 0.15) is 5.82 Å². The molecule has 4 nitrogen and oxygen atoms in total. The van der Waals surface area contributed by atoms with Crippen molar-refractivity contribution in [2.45, 2.75) is 39.3 Å². The number of amidine groups is 1. The van der Waals surface area contributed by atoms with Crippen LogP contribution in [0.4, 0.5) is 4.39 Å². The van der Waals surface area contributed by atoms with Crippen molar-refractivity contribution in [2.75, 3.05) is 6.54 Å². The lowest BCUT2D eigenvalue weighted by molar-refractivity contribution is 0.198. The van der Waals surface area contributed by atoms with Crippen molar-refractivity contribution in [1.82, 2.24) is 4.90 Å². The Morgan fingerprint density at radius 1 is 1.50 bits per heavy atom. The number of hydrogen-bond acceptors (Lipinski definition) is 3. The third-order valence-electron chi connectivity index (χ3n) is 3.93. The van der Waals surface area contributed by atoms with E-state index in [1.54, 1.807) is 6.07 Å². The highest BCUT2D eigenvalue weighted by Crippen LogP contribution is 2.26. The van der Waals surface area contributed by atoms with E-state index in [9.17, 15) is 4.39 Å². The molecular formula is C15H22FN3O. The Balaban J connectivity index is 2.19. The lowest BCUT2D eigenvalue weighted by Crippen LogP contribution is -2.33. The predicted molar refractivity (Wildman–Crippen MR) is 77.2 cm³/mol. The summed E-state index contributed by atoms with van der Waals surface area (Å²) in [6.45, 7) is 6.18. The van der Waals surface area contributed by atoms with E-state index in [4.69, 9.17) is 10.9 Å². The summed E-state index contributed by atoms with van der Waals surface area (Å²) in [6.07, 6.45) is 2.38. The molecule has 0 spiro atoms. The first-order valence-electron chi connectivity index (χ1n) is 7.02. The van der Waals surface area contributed by atoms with Crippen LogP contribution < -0.4 is 5.73 Å². The van der Waals surface area contributed by atoms with Crippen molar-refractivity contribution in [1.29, 1.82) is 0 Å². The van der Waals surface area contributed by atoms with Crippen molar-refractivity contribution >= 4 is 5.84 Å². The molecule has 1 saturated heterocycles. The highest BCUT2D eigenvalue weighted by atomic mass is 19.1. The van der Waals surface area contributed by atoms with Gasteiger partial charge in [0.2, 0.25) is 0 Å². The first-order valence-corrected chi connectivity index (χ1v) is 7.02. The van der Waals surface area contributed by atoms with Gasteiger partial charge in [-0.1, -0.05) is 19.0 Å². The minimum atomic E-state index is -0.357. The molecule has 1 aliphatic heterocycles. The number of halogens is 1. The molecule has 1 aromatic rings. The van der Waals surface area contributed by atoms with E-state index in [0.717, 1.165) is 12.1 Å². The van der Waals surface area contributed by atoms with Crippen molar-refractivity contribution in [2.24, 2.45) is 16.8 Å². The fourth-order valence-corrected chi connectivity index (χ4v) is 2.99. The molecule has 1 atom stereocenters. The van der Waals surface area contributed by atoms with Crippen LogP contribution in [0.25, 0.3) is 0 Å². The number of oxime groups is 1. The zero-order valence-corrected chi connectivity index (χ0v) is 12.0. The molecule has 3 N–H and O–H groups in total. The van der Waals surface area contributed by atoms with Crippen molar-refractivity contribution < 1.29 is 9.60 Å². The maximum atomic E-state index is 13.6. The molecule has 0 amide bonds. The highest BCUT2D eigenvalue weighted by Gasteiger charge is 2.27. The number of rotatable bonds is 4. The summed E-state index contributed by atoms with van der Waals surface area (Å²) in [5.41, 5.74) is 6.82. The fraction of sp³-hybridized carbons (Fsp3) is 0.533. The lowest BCUT2D eigenvalue weighted by Gasteiger charge is -2.27. The molecule has 1 aliphatic rings. The molecule has 20 heavy (non-hydrogen) atoms. The van der Waals surface area contributed by atoms with Gasteiger partial charge in [0.05, 0.1) is 0 Å². The number of benzene rings is 1. The number of hydrogen-bond donors (Lipinski definition) is 2. The molecule has 110 valence electrons. The van der Waals surface area contributed by atoms with Gasteiger partial charge in [0.15, 0.2) is 5.84 Å². The van der Waals surface area contributed by atoms with E-state index in [-0.39, 0.29) is 11.7 Å². The molecule has 0 aliphatic carbocycles. The largest absolute Gasteiger partial charge is 0.409 e. The Kier molecular flexibility index (Phi) is 4.60. The predicted octanol–water partition coefficient (Wildman–Crippen LogP) is 2.54. The molecule has 1 heterocycles. The Labute approximate surface area is 119 Å². The van der Waals surface area contributed by atoms with Crippen LogP contribution in [-0.4, -0.2) is 28.5 Å². The van der Waals surface area contributed by atoms with Gasteiger partial charge < -0.3 is 10.9 Å². The fourth-order valence-electron chi connectivity index (χ4n) is 2.99. The summed E-state index contributed by atoms with van der Waals surface area (Å²) in [7, 11) is 0. The lowest BCUT2D eigenvalue weighted by atomic mass is 10.0. The maximum absolute atomic E-state index is 13.6. The average molecular weight is 279 g/mol. The molecule has 1 aromatic carbocycles. The Bertz CT molecular complexity index is 502. The van der Waals surface area contributed by atoms with E-state index in [1.807, 2.05) is 0 Å². The van der Waals surface area contributed by atoms with Crippen LogP contribution in [0.2, 0.25) is 0 Å². The molecule has 0 radical (unpaired) electrons. The van der Waals surface area contributed by atoms with Crippen LogP contribution in [-0.2, 0) is 6.54 Å². The van der Waals surface area contributed by atoms with Gasteiger partial charge in [-0.05, 0) is 49.1 Å². The molecule has 1 unspecified atom stereocenters. The van der Waals surface area contributed by atoms with Crippen LogP contribution in [0, 0.1) is 11.7 Å². The minimum Gasteiger partial charge on any atom is -0.409 e. The van der Waals surface area contributed by atoms with E-state index in [1.165, 1.54) is 25.0 Å². The molecule has 5 heteroatoms. The molecule has 2 rings (SSSR count). The Morgan fingerprint density at radius 3 is 2.90 bits per heavy atom. The van der Waals surface area contributed by atoms with Gasteiger partial charge in [-0.15, -0.1) is 0 Å². The van der Waals surface area contributed by atoms with Gasteiger partial charge in [0.25, 0.3) is 0 Å². The number of nitrogens with two attached hydrogens (primary N) is 1. The minimum absolute atomic E-state index is 0.0624. The van der Waals surface area contributed by atoms with Gasteiger partial charge in [-0.25, -0.2) is 4.39 Å². The molecule has 0 bridgehead atoms. The topological polar surface area (TPSA) is 61.8 Å². The zero-order chi connectivity index (χ0) is 14.7. The van der Waals surface area contributed by atoms with Crippen molar-refractivity contribution in [3.8, 4) is 0 Å². The Hall–Kier alpha value is -1.62. The van der Waals surface area contributed by atoms with Gasteiger partial charge in [0, 0.05) is 18.2 Å². The van der Waals surface area contributed by atoms with Gasteiger partial charge in [-0.3, -0.25) is 4.90 Å². The zero-order valence-electron chi connectivity index (χ0n) is 12.0. The maximum Gasteiger partial charge on any atom is 0.170 e. The summed E-state index contributed by atoms with van der Waals surface area (Å²) in [6, 6.07) is 5.13. The molecular weight excluding hydrogens is 257 g/mol.